The van der Waals surface area contributed by atoms with E-state index >= 15 is 0 Å². The number of halogens is 1. The molecule has 2 heterocycles. The molecule has 28 heavy (non-hydrogen) atoms. The van der Waals surface area contributed by atoms with Crippen LogP contribution < -0.4 is 5.32 Å². The number of Topliss-reactive ketones (excluding diaryl/α,β-unsaturated/α-hetero) is 1. The summed E-state index contributed by atoms with van der Waals surface area (Å²) < 4.78 is 1.62. The number of nitrogens with one attached hydrogen (secondary N) is 1. The number of phenolic OH excluding ortho intramolecular Hbond substituents is 1. The highest BCUT2D eigenvalue weighted by Crippen LogP contribution is 2.38. The molecular formula is C21H18ClN3O3. The lowest BCUT2D eigenvalue weighted by Gasteiger charge is -2.23. The summed E-state index contributed by atoms with van der Waals surface area (Å²) in [7, 11) is 0. The van der Waals surface area contributed by atoms with Crippen LogP contribution >= 0.6 is 11.6 Å². The molecule has 0 saturated carbocycles. The lowest BCUT2D eigenvalue weighted by Crippen LogP contribution is -2.28. The molecule has 3 aromatic rings. The first-order valence-corrected chi connectivity index (χ1v) is 9.22. The Bertz CT molecular complexity index is 1100. The summed E-state index contributed by atoms with van der Waals surface area (Å²) in [6.45, 7) is 3.73. The molecule has 1 unspecified atom stereocenters. The van der Waals surface area contributed by atoms with Crippen LogP contribution in [-0.4, -0.2) is 26.6 Å². The monoisotopic (exact) mass is 395 g/mol. The van der Waals surface area contributed by atoms with E-state index in [1.165, 1.54) is 12.1 Å². The van der Waals surface area contributed by atoms with Gasteiger partial charge in [0.15, 0.2) is 5.78 Å². The highest BCUT2D eigenvalue weighted by molar-refractivity contribution is 6.31. The second-order valence-electron chi connectivity index (χ2n) is 6.91. The van der Waals surface area contributed by atoms with Crippen molar-refractivity contribution in [2.24, 2.45) is 0 Å². The Morgan fingerprint density at radius 3 is 2.61 bits per heavy atom. The van der Waals surface area contributed by atoms with Gasteiger partial charge in [-0.1, -0.05) is 17.7 Å². The smallest absolute Gasteiger partial charge is 0.226 e. The fourth-order valence-corrected chi connectivity index (χ4v) is 3.67. The number of aryl methyl sites for hydroxylation is 2. The van der Waals surface area contributed by atoms with Gasteiger partial charge in [0.25, 0.3) is 0 Å². The molecule has 1 atom stereocenters. The summed E-state index contributed by atoms with van der Waals surface area (Å²) in [6.07, 6.45) is 0.0495. The summed E-state index contributed by atoms with van der Waals surface area (Å²) in [5.74, 6) is -0.489. The lowest BCUT2D eigenvalue weighted by atomic mass is 9.85. The Morgan fingerprint density at radius 1 is 1.21 bits per heavy atom. The van der Waals surface area contributed by atoms with Crippen molar-refractivity contribution in [3.8, 4) is 11.4 Å². The highest BCUT2D eigenvalue weighted by atomic mass is 35.5. The van der Waals surface area contributed by atoms with Crippen LogP contribution in [0.2, 0.25) is 5.02 Å². The number of aromatic nitrogens is 2. The van der Waals surface area contributed by atoms with Gasteiger partial charge in [0, 0.05) is 22.6 Å². The zero-order valence-corrected chi connectivity index (χ0v) is 16.1. The van der Waals surface area contributed by atoms with E-state index in [1.54, 1.807) is 22.9 Å². The second kappa shape index (κ2) is 6.80. The molecule has 0 saturated heterocycles. The van der Waals surface area contributed by atoms with E-state index in [9.17, 15) is 14.7 Å². The number of fused-ring (bicyclic) bond motifs is 1. The lowest BCUT2D eigenvalue weighted by molar-refractivity contribution is -0.116. The third-order valence-corrected chi connectivity index (χ3v) is 5.38. The molecule has 1 aliphatic heterocycles. The number of aromatic hydroxyl groups is 1. The van der Waals surface area contributed by atoms with Crippen molar-refractivity contribution in [1.82, 2.24) is 9.78 Å². The van der Waals surface area contributed by atoms with Crippen LogP contribution in [0.25, 0.3) is 5.69 Å². The predicted molar refractivity (Wildman–Crippen MR) is 106 cm³/mol. The maximum Gasteiger partial charge on any atom is 0.226 e. The zero-order chi connectivity index (χ0) is 20.0. The number of ketones is 1. The van der Waals surface area contributed by atoms with Crippen LogP contribution in [0.5, 0.6) is 5.75 Å². The van der Waals surface area contributed by atoms with Gasteiger partial charge in [-0.15, -0.1) is 0 Å². The Hall–Kier alpha value is -3.12. The van der Waals surface area contributed by atoms with Crippen LogP contribution in [0.4, 0.5) is 5.82 Å². The highest BCUT2D eigenvalue weighted by Gasteiger charge is 2.36. The molecule has 1 aliphatic rings. The van der Waals surface area contributed by atoms with Gasteiger partial charge in [-0.3, -0.25) is 9.59 Å². The van der Waals surface area contributed by atoms with Crippen LogP contribution in [0.1, 0.15) is 39.5 Å². The number of nitrogens with zero attached hydrogens (tertiary/aromatic N) is 2. The van der Waals surface area contributed by atoms with Crippen LogP contribution in [0.3, 0.4) is 0 Å². The third kappa shape index (κ3) is 3.05. The molecule has 7 heteroatoms. The van der Waals surface area contributed by atoms with E-state index in [2.05, 4.69) is 10.4 Å². The summed E-state index contributed by atoms with van der Waals surface area (Å²) >= 11 is 6.25. The van der Waals surface area contributed by atoms with E-state index < -0.39 is 5.92 Å². The van der Waals surface area contributed by atoms with Crippen LogP contribution in [0, 0.1) is 13.8 Å². The fraction of sp³-hybridized carbons (Fsp3) is 0.190. The predicted octanol–water partition coefficient (Wildman–Crippen LogP) is 4.16. The molecule has 1 aromatic heterocycles. The van der Waals surface area contributed by atoms with E-state index in [-0.39, 0.29) is 23.9 Å². The minimum absolute atomic E-state index is 0.0495. The third-order valence-electron chi connectivity index (χ3n) is 4.97. The Morgan fingerprint density at radius 2 is 1.93 bits per heavy atom. The minimum Gasteiger partial charge on any atom is -0.508 e. The van der Waals surface area contributed by atoms with Crippen molar-refractivity contribution in [2.75, 3.05) is 5.32 Å². The fourth-order valence-electron chi connectivity index (χ4n) is 3.50. The molecule has 2 N–H and O–H groups in total. The van der Waals surface area contributed by atoms with Gasteiger partial charge in [0.1, 0.15) is 11.6 Å². The summed E-state index contributed by atoms with van der Waals surface area (Å²) in [6, 6.07) is 11.6. The van der Waals surface area contributed by atoms with Crippen molar-refractivity contribution >= 4 is 29.1 Å². The van der Waals surface area contributed by atoms with Gasteiger partial charge in [-0.05, 0) is 55.8 Å². The average Bonchev–Trinajstić information content (AvgIpc) is 3.00. The van der Waals surface area contributed by atoms with Crippen molar-refractivity contribution in [3.63, 3.8) is 0 Å². The van der Waals surface area contributed by atoms with Crippen LogP contribution in [-0.2, 0) is 4.79 Å². The molecule has 0 bridgehead atoms. The van der Waals surface area contributed by atoms with E-state index in [0.717, 1.165) is 5.56 Å². The number of anilines is 1. The van der Waals surface area contributed by atoms with Crippen molar-refractivity contribution in [3.05, 3.63) is 69.9 Å². The van der Waals surface area contributed by atoms with E-state index in [1.807, 2.05) is 26.0 Å². The number of rotatable bonds is 3. The van der Waals surface area contributed by atoms with Crippen LogP contribution in [0.15, 0.2) is 42.5 Å². The van der Waals surface area contributed by atoms with Gasteiger partial charge in [0.2, 0.25) is 5.91 Å². The molecular weight excluding hydrogens is 378 g/mol. The molecule has 142 valence electrons. The Balaban J connectivity index is 1.82. The second-order valence-corrected chi connectivity index (χ2v) is 7.32. The molecule has 2 aromatic carbocycles. The van der Waals surface area contributed by atoms with Crippen molar-refractivity contribution < 1.29 is 14.7 Å². The van der Waals surface area contributed by atoms with E-state index in [4.69, 9.17) is 11.6 Å². The molecule has 0 spiro atoms. The topological polar surface area (TPSA) is 84.2 Å². The van der Waals surface area contributed by atoms with Crippen molar-refractivity contribution in [2.45, 2.75) is 26.2 Å². The summed E-state index contributed by atoms with van der Waals surface area (Å²) in [4.78, 5) is 25.5. The maximum absolute atomic E-state index is 13.1. The maximum atomic E-state index is 13.1. The largest absolute Gasteiger partial charge is 0.508 e. The number of amides is 1. The molecule has 1 amide bonds. The zero-order valence-electron chi connectivity index (χ0n) is 15.4. The SMILES string of the molecule is Cc1ccc(-n2nc(C)c3c2NC(=O)CC3C(=O)c2ccc(O)cc2)cc1Cl. The molecule has 0 aliphatic carbocycles. The first kappa shape index (κ1) is 18.3. The first-order valence-electron chi connectivity index (χ1n) is 8.84. The van der Waals surface area contributed by atoms with Gasteiger partial charge in [-0.2, -0.15) is 5.10 Å². The first-order chi connectivity index (χ1) is 13.3. The molecule has 6 nitrogen and oxygen atoms in total. The van der Waals surface area contributed by atoms with Crippen molar-refractivity contribution in [1.29, 1.82) is 0 Å². The standard InChI is InChI=1S/C21H18ClN3O3/c1-11-3-6-14(9-17(11)22)25-21-19(12(2)24-25)16(10-18(27)23-21)20(28)13-4-7-15(26)8-5-13/h3-9,16,26H,10H2,1-2H3,(H,23,27). The molecule has 4 rings (SSSR count). The number of hydrogen-bond donors (Lipinski definition) is 2. The Kier molecular flexibility index (Phi) is 4.43. The minimum atomic E-state index is -0.636. The number of benzene rings is 2. The number of carbonyl (C=O) groups excluding carboxylic acids is 2. The van der Waals surface area contributed by atoms with E-state index in [0.29, 0.717) is 33.3 Å². The number of carbonyl (C=O) groups is 2. The normalized spacial score (nSPS) is 15.8. The summed E-state index contributed by atoms with van der Waals surface area (Å²) in [5, 5.41) is 17.5. The number of phenols is 1. The quantitative estimate of drug-likeness (QED) is 0.652. The van der Waals surface area contributed by atoms with Gasteiger partial charge < -0.3 is 10.4 Å². The van der Waals surface area contributed by atoms with Gasteiger partial charge in [0.05, 0.1) is 17.3 Å². The number of hydrogen-bond acceptors (Lipinski definition) is 4. The van der Waals surface area contributed by atoms with Gasteiger partial charge in [-0.25, -0.2) is 4.68 Å². The Labute approximate surface area is 166 Å². The molecule has 0 radical (unpaired) electrons. The average molecular weight is 396 g/mol. The molecule has 0 fully saturated rings. The summed E-state index contributed by atoms with van der Waals surface area (Å²) in [5.41, 5.74) is 3.46. The van der Waals surface area contributed by atoms with Gasteiger partial charge >= 0.3 is 0 Å².